The van der Waals surface area contributed by atoms with Crippen molar-refractivity contribution in [3.63, 3.8) is 0 Å². The molecular weight excluding hydrogens is 210 g/mol. The first kappa shape index (κ1) is 11.5. The second-order valence-electron chi connectivity index (χ2n) is 4.23. The molecule has 0 unspecified atom stereocenters. The van der Waals surface area contributed by atoms with Crippen LogP contribution in [0.5, 0.6) is 5.75 Å². The van der Waals surface area contributed by atoms with Gasteiger partial charge in [0.2, 0.25) is 0 Å². The second-order valence-corrected chi connectivity index (χ2v) is 4.23. The van der Waals surface area contributed by atoms with Crippen molar-refractivity contribution < 1.29 is 4.74 Å². The van der Waals surface area contributed by atoms with E-state index in [2.05, 4.69) is 31.2 Å². The van der Waals surface area contributed by atoms with E-state index >= 15 is 0 Å². The highest BCUT2D eigenvalue weighted by Crippen LogP contribution is 2.22. The van der Waals surface area contributed by atoms with E-state index in [0.29, 0.717) is 0 Å². The molecule has 0 bridgehead atoms. The fourth-order valence-corrected chi connectivity index (χ4v) is 1.79. The van der Waals surface area contributed by atoms with Gasteiger partial charge < -0.3 is 10.5 Å². The van der Waals surface area contributed by atoms with Gasteiger partial charge in [-0.2, -0.15) is 0 Å². The van der Waals surface area contributed by atoms with Crippen molar-refractivity contribution >= 4 is 5.69 Å². The fourth-order valence-electron chi connectivity index (χ4n) is 1.79. The van der Waals surface area contributed by atoms with Crippen LogP contribution in [-0.4, -0.2) is 7.11 Å². The summed E-state index contributed by atoms with van der Waals surface area (Å²) in [6.07, 6.45) is 0.837. The third-order valence-corrected chi connectivity index (χ3v) is 2.87. The molecule has 0 aromatic heterocycles. The summed E-state index contributed by atoms with van der Waals surface area (Å²) in [5.41, 5.74) is 10.4. The molecule has 0 aliphatic heterocycles. The summed E-state index contributed by atoms with van der Waals surface area (Å²) in [6.45, 7) is 2.09. The topological polar surface area (TPSA) is 35.2 Å². The minimum atomic E-state index is 0.811. The Morgan fingerprint density at radius 1 is 1.06 bits per heavy atom. The van der Waals surface area contributed by atoms with Crippen LogP contribution in [0.25, 0.3) is 0 Å². The van der Waals surface area contributed by atoms with E-state index in [0.717, 1.165) is 23.4 Å². The third-order valence-electron chi connectivity index (χ3n) is 2.87. The highest BCUT2D eigenvalue weighted by molar-refractivity contribution is 5.52. The van der Waals surface area contributed by atoms with E-state index in [1.165, 1.54) is 11.1 Å². The lowest BCUT2D eigenvalue weighted by Gasteiger charge is -2.08. The predicted octanol–water partition coefficient (Wildman–Crippen LogP) is 3.18. The average Bonchev–Trinajstić information content (AvgIpc) is 2.35. The molecule has 0 heterocycles. The first-order valence-corrected chi connectivity index (χ1v) is 5.67. The van der Waals surface area contributed by atoms with E-state index in [1.54, 1.807) is 7.11 Å². The molecule has 0 aliphatic rings. The lowest BCUT2D eigenvalue weighted by molar-refractivity contribution is 0.414. The molecule has 2 heteroatoms. The Kier molecular flexibility index (Phi) is 3.33. The standard InChI is InChI=1S/C15H17NO/c1-11-3-5-12(6-4-11)9-13-10-14(17-2)7-8-15(13)16/h3-8,10H,9,16H2,1-2H3. The number of nitrogen functional groups attached to an aromatic ring is 1. The minimum Gasteiger partial charge on any atom is -0.497 e. The number of anilines is 1. The van der Waals surface area contributed by atoms with Crippen LogP contribution in [0.15, 0.2) is 42.5 Å². The van der Waals surface area contributed by atoms with Gasteiger partial charge >= 0.3 is 0 Å². The number of hydrogen-bond acceptors (Lipinski definition) is 2. The van der Waals surface area contributed by atoms with Gasteiger partial charge in [0, 0.05) is 5.69 Å². The fraction of sp³-hybridized carbons (Fsp3) is 0.200. The van der Waals surface area contributed by atoms with E-state index < -0.39 is 0 Å². The zero-order valence-corrected chi connectivity index (χ0v) is 10.2. The zero-order valence-electron chi connectivity index (χ0n) is 10.2. The van der Waals surface area contributed by atoms with Gasteiger partial charge in [-0.25, -0.2) is 0 Å². The van der Waals surface area contributed by atoms with E-state index in [-0.39, 0.29) is 0 Å². The molecule has 0 spiro atoms. The number of hydrogen-bond donors (Lipinski definition) is 1. The molecule has 0 saturated heterocycles. The Labute approximate surface area is 102 Å². The van der Waals surface area contributed by atoms with Gasteiger partial charge in [0.25, 0.3) is 0 Å². The molecule has 0 saturated carbocycles. The van der Waals surface area contributed by atoms with Crippen molar-refractivity contribution in [3.05, 3.63) is 59.2 Å². The van der Waals surface area contributed by atoms with Crippen molar-refractivity contribution in [3.8, 4) is 5.75 Å². The van der Waals surface area contributed by atoms with Crippen LogP contribution >= 0.6 is 0 Å². The van der Waals surface area contributed by atoms with Crippen molar-refractivity contribution in [2.24, 2.45) is 0 Å². The number of methoxy groups -OCH3 is 1. The molecule has 0 amide bonds. The highest BCUT2D eigenvalue weighted by atomic mass is 16.5. The van der Waals surface area contributed by atoms with E-state index in [9.17, 15) is 0 Å². The van der Waals surface area contributed by atoms with Crippen molar-refractivity contribution in [2.45, 2.75) is 13.3 Å². The van der Waals surface area contributed by atoms with Crippen molar-refractivity contribution in [2.75, 3.05) is 12.8 Å². The van der Waals surface area contributed by atoms with Crippen LogP contribution < -0.4 is 10.5 Å². The lowest BCUT2D eigenvalue weighted by Crippen LogP contribution is -1.97. The second kappa shape index (κ2) is 4.91. The van der Waals surface area contributed by atoms with Gasteiger partial charge in [0.15, 0.2) is 0 Å². The predicted molar refractivity (Wildman–Crippen MR) is 71.4 cm³/mol. The van der Waals surface area contributed by atoms with Gasteiger partial charge in [-0.3, -0.25) is 0 Å². The number of rotatable bonds is 3. The third kappa shape index (κ3) is 2.78. The monoisotopic (exact) mass is 227 g/mol. The summed E-state index contributed by atoms with van der Waals surface area (Å²) in [5.74, 6) is 0.848. The van der Waals surface area contributed by atoms with Gasteiger partial charge in [-0.1, -0.05) is 29.8 Å². The molecule has 88 valence electrons. The van der Waals surface area contributed by atoms with Crippen LogP contribution in [0, 0.1) is 6.92 Å². The quantitative estimate of drug-likeness (QED) is 0.817. The first-order valence-electron chi connectivity index (χ1n) is 5.67. The normalized spacial score (nSPS) is 10.2. The van der Waals surface area contributed by atoms with Crippen LogP contribution in [0.1, 0.15) is 16.7 Å². The maximum atomic E-state index is 5.97. The van der Waals surface area contributed by atoms with E-state index in [1.807, 2.05) is 18.2 Å². The molecule has 0 aliphatic carbocycles. The number of aryl methyl sites for hydroxylation is 1. The number of ether oxygens (including phenoxy) is 1. The van der Waals surface area contributed by atoms with Gasteiger partial charge in [-0.15, -0.1) is 0 Å². The van der Waals surface area contributed by atoms with Crippen LogP contribution in [0.4, 0.5) is 5.69 Å². The van der Waals surface area contributed by atoms with Gasteiger partial charge in [0.1, 0.15) is 5.75 Å². The smallest absolute Gasteiger partial charge is 0.119 e. The molecule has 2 aromatic rings. The highest BCUT2D eigenvalue weighted by Gasteiger charge is 2.03. The van der Waals surface area contributed by atoms with Crippen LogP contribution in [0.2, 0.25) is 0 Å². The van der Waals surface area contributed by atoms with Crippen LogP contribution in [0.3, 0.4) is 0 Å². The molecule has 17 heavy (non-hydrogen) atoms. The molecular formula is C15H17NO. The Bertz CT molecular complexity index is 503. The number of benzene rings is 2. The molecule has 2 aromatic carbocycles. The largest absolute Gasteiger partial charge is 0.497 e. The molecule has 2 N–H and O–H groups in total. The summed E-state index contributed by atoms with van der Waals surface area (Å²) in [6, 6.07) is 14.3. The number of nitrogens with two attached hydrogens (primary N) is 1. The zero-order chi connectivity index (χ0) is 12.3. The van der Waals surface area contributed by atoms with Gasteiger partial charge in [-0.05, 0) is 42.7 Å². The molecule has 2 rings (SSSR count). The van der Waals surface area contributed by atoms with Crippen molar-refractivity contribution in [1.82, 2.24) is 0 Å². The van der Waals surface area contributed by atoms with Gasteiger partial charge in [0.05, 0.1) is 7.11 Å². The molecule has 0 radical (unpaired) electrons. The Balaban J connectivity index is 2.25. The molecule has 0 fully saturated rings. The summed E-state index contributed by atoms with van der Waals surface area (Å²) in [5, 5.41) is 0. The summed E-state index contributed by atoms with van der Waals surface area (Å²) in [7, 11) is 1.67. The molecule has 2 nitrogen and oxygen atoms in total. The van der Waals surface area contributed by atoms with E-state index in [4.69, 9.17) is 10.5 Å². The van der Waals surface area contributed by atoms with Crippen LogP contribution in [-0.2, 0) is 6.42 Å². The minimum absolute atomic E-state index is 0.811. The summed E-state index contributed by atoms with van der Waals surface area (Å²) < 4.78 is 5.21. The Hall–Kier alpha value is -1.96. The Morgan fingerprint density at radius 2 is 1.76 bits per heavy atom. The Morgan fingerprint density at radius 3 is 2.41 bits per heavy atom. The maximum Gasteiger partial charge on any atom is 0.119 e. The average molecular weight is 227 g/mol. The van der Waals surface area contributed by atoms with Crippen molar-refractivity contribution in [1.29, 1.82) is 0 Å². The SMILES string of the molecule is COc1ccc(N)c(Cc2ccc(C)cc2)c1. The summed E-state index contributed by atoms with van der Waals surface area (Å²) in [4.78, 5) is 0. The lowest BCUT2D eigenvalue weighted by atomic mass is 10.0. The summed E-state index contributed by atoms with van der Waals surface area (Å²) >= 11 is 0. The maximum absolute atomic E-state index is 5.97. The first-order chi connectivity index (χ1) is 8.19. The molecule has 0 atom stereocenters.